The second kappa shape index (κ2) is 14.5. The van der Waals surface area contributed by atoms with Gasteiger partial charge in [0.05, 0.1) is 17.8 Å². The molecular weight excluding hydrogens is 637 g/mol. The number of hydrogen-bond donors (Lipinski definition) is 2. The Hall–Kier alpha value is -3.52. The van der Waals surface area contributed by atoms with Crippen LogP contribution >= 0.6 is 0 Å². The summed E-state index contributed by atoms with van der Waals surface area (Å²) < 4.78 is 72.5. The van der Waals surface area contributed by atoms with Gasteiger partial charge in [0.25, 0.3) is 5.60 Å². The fraction of sp³-hybridized carbons (Fsp3) is 0.571. The molecule has 2 N–H and O–H groups in total. The molecule has 2 fully saturated rings. The predicted molar refractivity (Wildman–Crippen MR) is 167 cm³/mol. The normalized spacial score (nSPS) is 27.1. The summed E-state index contributed by atoms with van der Waals surface area (Å²) in [6, 6.07) is 6.26. The van der Waals surface area contributed by atoms with E-state index in [9.17, 15) is 37.8 Å². The number of aliphatic hydroxyl groups excluding tert-OH is 1. The summed E-state index contributed by atoms with van der Waals surface area (Å²) in [7, 11) is 0.734. The Morgan fingerprint density at radius 3 is 2.12 bits per heavy atom. The molecule has 1 saturated carbocycles. The maximum absolute atomic E-state index is 14.8. The van der Waals surface area contributed by atoms with Gasteiger partial charge in [-0.1, -0.05) is 49.1 Å². The van der Waals surface area contributed by atoms with Crippen LogP contribution in [0.5, 0.6) is 0 Å². The molecule has 1 aliphatic heterocycles. The molecule has 0 radical (unpaired) electrons. The fourth-order valence-electron chi connectivity index (χ4n) is 5.66. The van der Waals surface area contributed by atoms with Crippen molar-refractivity contribution in [3.63, 3.8) is 0 Å². The van der Waals surface area contributed by atoms with Gasteiger partial charge in [-0.3, -0.25) is 0 Å². The van der Waals surface area contributed by atoms with Crippen LogP contribution < -0.4 is 0 Å². The highest BCUT2D eigenvalue weighted by atomic mass is 19.4. The molecule has 2 unspecified atom stereocenters. The van der Waals surface area contributed by atoms with E-state index in [0.29, 0.717) is 0 Å². The molecule has 1 heterocycles. The smallest absolute Gasteiger partial charge is 0.432 e. The molecule has 1 aromatic carbocycles. The van der Waals surface area contributed by atoms with E-state index in [1.54, 1.807) is 13.8 Å². The SMILES string of the molecule is C=C(C(CC(O)C(C)(C)O)OC(=O)/C(C)=C\C)[C@H]1C[C@H]2O[C@@]2(C)[C@@H](OC(=O)[C@@](OC)(c2ccccc2)C(F)(F)F)[C@H]1OC(=O)/C(C)=C\C. The van der Waals surface area contributed by atoms with Crippen LogP contribution in [-0.4, -0.2) is 83.1 Å². The molecule has 0 amide bonds. The second-order valence-electron chi connectivity index (χ2n) is 12.9. The first-order valence-electron chi connectivity index (χ1n) is 15.5. The maximum atomic E-state index is 14.8. The number of halogens is 3. The Morgan fingerprint density at radius 2 is 1.62 bits per heavy atom. The molecule has 1 aliphatic carbocycles. The number of fused-ring (bicyclic) bond motifs is 1. The van der Waals surface area contributed by atoms with Gasteiger partial charge in [0, 0.05) is 36.2 Å². The summed E-state index contributed by atoms with van der Waals surface area (Å²) in [6.07, 6.45) is -9.07. The zero-order valence-corrected chi connectivity index (χ0v) is 28.4. The molecule has 10 nitrogen and oxygen atoms in total. The first-order valence-corrected chi connectivity index (χ1v) is 15.5. The molecule has 0 bridgehead atoms. The van der Waals surface area contributed by atoms with Crippen LogP contribution in [0.1, 0.15) is 66.9 Å². The highest BCUT2D eigenvalue weighted by Gasteiger charge is 2.71. The lowest BCUT2D eigenvalue weighted by Gasteiger charge is -2.42. The molecule has 1 aromatic rings. The van der Waals surface area contributed by atoms with E-state index in [2.05, 4.69) is 6.58 Å². The number of alkyl halides is 3. The molecule has 8 atom stereocenters. The summed E-state index contributed by atoms with van der Waals surface area (Å²) in [6.45, 7) is 14.5. The number of hydrogen-bond acceptors (Lipinski definition) is 10. The average molecular weight is 683 g/mol. The molecule has 48 heavy (non-hydrogen) atoms. The zero-order chi connectivity index (χ0) is 36.4. The molecule has 0 spiro atoms. The van der Waals surface area contributed by atoms with E-state index in [1.165, 1.54) is 65.0 Å². The predicted octanol–water partition coefficient (Wildman–Crippen LogP) is 5.01. The van der Waals surface area contributed by atoms with Crippen molar-refractivity contribution in [2.75, 3.05) is 7.11 Å². The number of benzene rings is 1. The summed E-state index contributed by atoms with van der Waals surface area (Å²) in [5, 5.41) is 21.3. The quantitative estimate of drug-likeness (QED) is 0.0959. The van der Waals surface area contributed by atoms with Crippen molar-refractivity contribution in [1.29, 1.82) is 0 Å². The van der Waals surface area contributed by atoms with E-state index in [0.717, 1.165) is 19.2 Å². The minimum absolute atomic E-state index is 0.0822. The topological polar surface area (TPSA) is 141 Å². The van der Waals surface area contributed by atoms with Crippen molar-refractivity contribution in [1.82, 2.24) is 0 Å². The Bertz CT molecular complexity index is 1430. The number of esters is 3. The average Bonchev–Trinajstić information content (AvgIpc) is 3.70. The Balaban J connectivity index is 2.14. The van der Waals surface area contributed by atoms with Gasteiger partial charge in [0.1, 0.15) is 17.8 Å². The van der Waals surface area contributed by atoms with E-state index in [1.807, 2.05) is 0 Å². The van der Waals surface area contributed by atoms with Crippen LogP contribution in [0.4, 0.5) is 13.2 Å². The first kappa shape index (κ1) is 38.9. The number of epoxide rings is 1. The molecular formula is C35H45F3O10. The number of allylic oxidation sites excluding steroid dienone is 2. The van der Waals surface area contributed by atoms with Crippen LogP contribution in [0.3, 0.4) is 0 Å². The van der Waals surface area contributed by atoms with Crippen molar-refractivity contribution < 1.29 is 61.5 Å². The van der Waals surface area contributed by atoms with Crippen LogP contribution in [0, 0.1) is 5.92 Å². The minimum Gasteiger partial charge on any atom is -0.454 e. The van der Waals surface area contributed by atoms with Gasteiger partial charge in [0.15, 0.2) is 6.10 Å². The lowest BCUT2D eigenvalue weighted by atomic mass is 9.73. The van der Waals surface area contributed by atoms with Crippen molar-refractivity contribution in [3.05, 3.63) is 71.3 Å². The summed E-state index contributed by atoms with van der Waals surface area (Å²) in [4.78, 5) is 40.0. The third kappa shape index (κ3) is 7.69. The van der Waals surface area contributed by atoms with Crippen molar-refractivity contribution in [2.45, 2.75) is 115 Å². The number of carbonyl (C=O) groups is 3. The van der Waals surface area contributed by atoms with Crippen LogP contribution in [0.15, 0.2) is 65.8 Å². The molecule has 13 heteroatoms. The maximum Gasteiger partial charge on any atom is 0.432 e. The van der Waals surface area contributed by atoms with Crippen LogP contribution in [-0.2, 0) is 43.7 Å². The van der Waals surface area contributed by atoms with Gasteiger partial charge in [-0.25, -0.2) is 14.4 Å². The zero-order valence-electron chi connectivity index (χ0n) is 28.4. The Morgan fingerprint density at radius 1 is 1.06 bits per heavy atom. The van der Waals surface area contributed by atoms with Gasteiger partial charge < -0.3 is 33.9 Å². The minimum atomic E-state index is -5.28. The summed E-state index contributed by atoms with van der Waals surface area (Å²) >= 11 is 0. The molecule has 2 aliphatic rings. The lowest BCUT2D eigenvalue weighted by Crippen LogP contribution is -2.58. The van der Waals surface area contributed by atoms with Crippen molar-refractivity contribution in [3.8, 4) is 0 Å². The van der Waals surface area contributed by atoms with Gasteiger partial charge in [-0.05, 0) is 60.5 Å². The largest absolute Gasteiger partial charge is 0.454 e. The Labute approximate surface area is 278 Å². The van der Waals surface area contributed by atoms with Crippen LogP contribution in [0.2, 0.25) is 0 Å². The van der Waals surface area contributed by atoms with E-state index < -0.39 is 82.9 Å². The van der Waals surface area contributed by atoms with Crippen LogP contribution in [0.25, 0.3) is 0 Å². The highest BCUT2D eigenvalue weighted by Crippen LogP contribution is 2.55. The number of carbonyl (C=O) groups excluding carboxylic acids is 3. The monoisotopic (exact) mass is 682 g/mol. The summed E-state index contributed by atoms with van der Waals surface area (Å²) in [5.74, 6) is -4.44. The Kier molecular flexibility index (Phi) is 11.8. The first-order chi connectivity index (χ1) is 22.2. The molecule has 266 valence electrons. The van der Waals surface area contributed by atoms with Crippen molar-refractivity contribution in [2.24, 2.45) is 5.92 Å². The second-order valence-corrected chi connectivity index (χ2v) is 12.9. The van der Waals surface area contributed by atoms with E-state index >= 15 is 0 Å². The van der Waals surface area contributed by atoms with Gasteiger partial charge in [-0.2, -0.15) is 13.2 Å². The molecule has 3 rings (SSSR count). The van der Waals surface area contributed by atoms with E-state index in [4.69, 9.17) is 23.7 Å². The number of rotatable bonds is 13. The standard InChI is InChI=1S/C35H45F3O10/c1-10-19(3)29(40)45-24(18-25(39)32(6,7)43)21(5)23-17-26-33(8,48-26)28(27(23)46-30(41)20(4)11-2)47-31(42)34(44-9,35(36,37)38)22-15-13-12-14-16-22/h10-16,23-28,39,43H,5,17-18H2,1-4,6-9H3/b19-10-,20-11-/t23-,24?,25?,26-,27+,28+,33-,34+/m1/s1. The highest BCUT2D eigenvalue weighted by molar-refractivity contribution is 5.88. The van der Waals surface area contributed by atoms with Crippen molar-refractivity contribution >= 4 is 17.9 Å². The fourth-order valence-corrected chi connectivity index (χ4v) is 5.66. The third-order valence-electron chi connectivity index (χ3n) is 9.26. The number of ether oxygens (including phenoxy) is 5. The third-order valence-corrected chi connectivity index (χ3v) is 9.26. The van der Waals surface area contributed by atoms with Gasteiger partial charge in [-0.15, -0.1) is 0 Å². The van der Waals surface area contributed by atoms with E-state index in [-0.39, 0.29) is 29.6 Å². The molecule has 0 aromatic heterocycles. The van der Waals surface area contributed by atoms with Gasteiger partial charge >= 0.3 is 24.1 Å². The molecule has 1 saturated heterocycles. The lowest BCUT2D eigenvalue weighted by molar-refractivity contribution is -0.281. The van der Waals surface area contributed by atoms with Gasteiger partial charge in [0.2, 0.25) is 0 Å². The summed E-state index contributed by atoms with van der Waals surface area (Å²) in [5.41, 5.74) is -6.60. The number of aliphatic hydroxyl groups is 2. The number of methoxy groups -OCH3 is 1.